The van der Waals surface area contributed by atoms with Crippen LogP contribution in [-0.2, 0) is 5.60 Å². The number of rotatable bonds is 3. The van der Waals surface area contributed by atoms with Crippen LogP contribution >= 0.6 is 0 Å². The standard InChI is InChI=1S/C22H22N2O3/c1-21(27,15-9-3-2-4-10-15)22-14-8-7-13-18(22)24(22)23-19(25)16-11-5-6-12-17(16)20(23)26/h2-6,9-12,18,27H,7-8,13-14H2,1H3/t18-,21?,22+,24?/m0/s1. The lowest BCUT2D eigenvalue weighted by Gasteiger charge is -2.37. The molecule has 27 heavy (non-hydrogen) atoms. The van der Waals surface area contributed by atoms with Crippen LogP contribution in [0.5, 0.6) is 0 Å². The summed E-state index contributed by atoms with van der Waals surface area (Å²) in [4.78, 5) is 26.0. The van der Waals surface area contributed by atoms with E-state index in [0.717, 1.165) is 31.2 Å². The molecule has 0 aromatic heterocycles. The van der Waals surface area contributed by atoms with E-state index in [1.165, 1.54) is 5.01 Å². The van der Waals surface area contributed by atoms with Gasteiger partial charge in [0.2, 0.25) is 0 Å². The van der Waals surface area contributed by atoms with Crippen molar-refractivity contribution in [1.29, 1.82) is 0 Å². The molecular formula is C22H22N2O3. The number of carbonyl (C=O) groups is 2. The number of benzene rings is 2. The first-order valence-electron chi connectivity index (χ1n) is 9.55. The summed E-state index contributed by atoms with van der Waals surface area (Å²) in [5.74, 6) is -0.568. The quantitative estimate of drug-likeness (QED) is 0.673. The highest BCUT2D eigenvalue weighted by molar-refractivity contribution is 6.21. The van der Waals surface area contributed by atoms with Crippen LogP contribution in [0.2, 0.25) is 0 Å². The van der Waals surface area contributed by atoms with Gasteiger partial charge in [-0.15, -0.1) is 0 Å². The van der Waals surface area contributed by atoms with Crippen LogP contribution < -0.4 is 0 Å². The predicted molar refractivity (Wildman–Crippen MR) is 99.8 cm³/mol. The monoisotopic (exact) mass is 362 g/mol. The summed E-state index contributed by atoms with van der Waals surface area (Å²) < 4.78 is 0. The Labute approximate surface area is 158 Å². The lowest BCUT2D eigenvalue weighted by molar-refractivity contribution is -0.0413. The third-order valence-corrected chi connectivity index (χ3v) is 6.64. The van der Waals surface area contributed by atoms with Gasteiger partial charge in [0.1, 0.15) is 5.60 Å². The SMILES string of the molecule is CC(O)(c1ccccc1)[C@@]12CCCC[C@@H]1N2N1C(=O)c2ccccc2C1=O. The number of aliphatic hydroxyl groups is 1. The average molecular weight is 362 g/mol. The van der Waals surface area contributed by atoms with Crippen molar-refractivity contribution in [3.8, 4) is 0 Å². The van der Waals surface area contributed by atoms with Gasteiger partial charge in [-0.2, -0.15) is 5.01 Å². The molecule has 2 aromatic rings. The number of hydrogen-bond acceptors (Lipinski definition) is 4. The van der Waals surface area contributed by atoms with Crippen LogP contribution in [0.4, 0.5) is 0 Å². The number of nitrogens with zero attached hydrogens (tertiary/aromatic N) is 2. The molecule has 4 atom stereocenters. The molecule has 0 radical (unpaired) electrons. The largest absolute Gasteiger partial charge is 0.383 e. The van der Waals surface area contributed by atoms with Gasteiger partial charge in [-0.3, -0.25) is 9.59 Å². The molecule has 2 aliphatic heterocycles. The van der Waals surface area contributed by atoms with E-state index in [1.54, 1.807) is 24.3 Å². The minimum absolute atomic E-state index is 0.0105. The highest BCUT2D eigenvalue weighted by atomic mass is 16.3. The Morgan fingerprint density at radius 3 is 2.19 bits per heavy atom. The molecule has 5 heteroatoms. The van der Waals surface area contributed by atoms with Crippen molar-refractivity contribution >= 4 is 11.8 Å². The Morgan fingerprint density at radius 2 is 1.56 bits per heavy atom. The lowest BCUT2D eigenvalue weighted by Crippen LogP contribution is -2.49. The second kappa shape index (κ2) is 5.50. The van der Waals surface area contributed by atoms with Gasteiger partial charge >= 0.3 is 0 Å². The molecule has 1 aliphatic carbocycles. The van der Waals surface area contributed by atoms with Crippen molar-refractivity contribution in [1.82, 2.24) is 10.0 Å². The van der Waals surface area contributed by atoms with E-state index in [1.807, 2.05) is 42.3 Å². The topological polar surface area (TPSA) is 60.6 Å². The molecule has 3 aliphatic rings. The summed E-state index contributed by atoms with van der Waals surface area (Å²) in [6.45, 7) is 1.82. The summed E-state index contributed by atoms with van der Waals surface area (Å²) in [5.41, 5.74) is -0.0772. The summed E-state index contributed by atoms with van der Waals surface area (Å²) in [7, 11) is 0. The molecular weight excluding hydrogens is 340 g/mol. The van der Waals surface area contributed by atoms with E-state index in [0.29, 0.717) is 11.1 Å². The van der Waals surface area contributed by atoms with Gasteiger partial charge in [0.05, 0.1) is 22.7 Å². The van der Waals surface area contributed by atoms with Crippen molar-refractivity contribution in [3.63, 3.8) is 0 Å². The first kappa shape index (κ1) is 16.7. The van der Waals surface area contributed by atoms with Crippen LogP contribution in [0.1, 0.15) is 58.9 Å². The molecule has 1 N–H and O–H groups in total. The molecule has 138 valence electrons. The summed E-state index contributed by atoms with van der Waals surface area (Å²) in [6.07, 6.45) is 3.64. The highest BCUT2D eigenvalue weighted by Crippen LogP contribution is 2.61. The van der Waals surface area contributed by atoms with Crippen molar-refractivity contribution in [2.24, 2.45) is 0 Å². The lowest BCUT2D eigenvalue weighted by atomic mass is 9.73. The Kier molecular flexibility index (Phi) is 3.39. The van der Waals surface area contributed by atoms with E-state index in [4.69, 9.17) is 0 Å². The fraction of sp³-hybridized carbons (Fsp3) is 0.364. The molecule has 5 rings (SSSR count). The van der Waals surface area contributed by atoms with Crippen LogP contribution in [0.3, 0.4) is 0 Å². The van der Waals surface area contributed by atoms with Gasteiger partial charge in [-0.25, -0.2) is 5.01 Å². The minimum Gasteiger partial charge on any atom is -0.383 e. The second-order valence-corrected chi connectivity index (χ2v) is 7.94. The highest BCUT2D eigenvalue weighted by Gasteiger charge is 2.75. The molecule has 1 saturated carbocycles. The van der Waals surface area contributed by atoms with E-state index in [-0.39, 0.29) is 17.9 Å². The molecule has 0 bridgehead atoms. The fourth-order valence-electron chi connectivity index (χ4n) is 5.25. The number of carbonyl (C=O) groups excluding carboxylic acids is 2. The second-order valence-electron chi connectivity index (χ2n) is 7.94. The van der Waals surface area contributed by atoms with Crippen LogP contribution in [0, 0.1) is 0 Å². The van der Waals surface area contributed by atoms with E-state index in [9.17, 15) is 14.7 Å². The van der Waals surface area contributed by atoms with Gasteiger partial charge in [-0.1, -0.05) is 55.3 Å². The summed E-state index contributed by atoms with van der Waals surface area (Å²) >= 11 is 0. The zero-order valence-corrected chi connectivity index (χ0v) is 15.3. The molecule has 1 saturated heterocycles. The van der Waals surface area contributed by atoms with Crippen molar-refractivity contribution in [2.75, 3.05) is 0 Å². The Bertz CT molecular complexity index is 905. The number of fused-ring (bicyclic) bond motifs is 2. The zero-order valence-electron chi connectivity index (χ0n) is 15.3. The molecule has 2 amide bonds. The van der Waals surface area contributed by atoms with E-state index >= 15 is 0 Å². The molecule has 2 unspecified atom stereocenters. The van der Waals surface area contributed by atoms with Gasteiger partial charge in [0.25, 0.3) is 11.8 Å². The number of imide groups is 1. The minimum atomic E-state index is -1.16. The maximum Gasteiger partial charge on any atom is 0.276 e. The van der Waals surface area contributed by atoms with Crippen molar-refractivity contribution < 1.29 is 14.7 Å². The fourth-order valence-corrected chi connectivity index (χ4v) is 5.25. The van der Waals surface area contributed by atoms with E-state index in [2.05, 4.69) is 0 Å². The molecule has 5 nitrogen and oxygen atoms in total. The summed E-state index contributed by atoms with van der Waals surface area (Å²) in [5, 5.41) is 14.8. The first-order chi connectivity index (χ1) is 13.0. The third kappa shape index (κ3) is 2.01. The first-order valence-corrected chi connectivity index (χ1v) is 9.55. The van der Waals surface area contributed by atoms with Crippen LogP contribution in [-0.4, -0.2) is 38.5 Å². The average Bonchev–Trinajstić information content (AvgIpc) is 3.32. The van der Waals surface area contributed by atoms with E-state index < -0.39 is 11.1 Å². The molecule has 2 aromatic carbocycles. The van der Waals surface area contributed by atoms with Crippen LogP contribution in [0.15, 0.2) is 54.6 Å². The zero-order chi connectivity index (χ0) is 18.8. The van der Waals surface area contributed by atoms with Gasteiger partial charge in [0.15, 0.2) is 0 Å². The van der Waals surface area contributed by atoms with Gasteiger partial charge < -0.3 is 5.11 Å². The van der Waals surface area contributed by atoms with Crippen LogP contribution in [0.25, 0.3) is 0 Å². The maximum atomic E-state index is 13.0. The molecule has 2 heterocycles. The third-order valence-electron chi connectivity index (χ3n) is 6.64. The summed E-state index contributed by atoms with van der Waals surface area (Å²) in [6, 6.07) is 16.5. The van der Waals surface area contributed by atoms with Gasteiger partial charge in [0, 0.05) is 0 Å². The normalized spacial score (nSPS) is 31.3. The Hall–Kier alpha value is -2.50. The predicted octanol–water partition coefficient (Wildman–Crippen LogP) is 3.10. The van der Waals surface area contributed by atoms with Gasteiger partial charge in [-0.05, 0) is 37.5 Å². The van der Waals surface area contributed by atoms with Crippen molar-refractivity contribution in [2.45, 2.75) is 49.8 Å². The smallest absolute Gasteiger partial charge is 0.276 e. The Balaban J connectivity index is 1.58. The number of hydrogen-bond donors (Lipinski definition) is 1. The maximum absolute atomic E-state index is 13.0. The number of amides is 2. The Morgan fingerprint density at radius 1 is 0.963 bits per heavy atom. The van der Waals surface area contributed by atoms with Crippen molar-refractivity contribution in [3.05, 3.63) is 71.3 Å². The molecule has 2 fully saturated rings. The molecule has 0 spiro atoms. The number of hydrazine groups is 1.